The third kappa shape index (κ3) is 9.93. The molecule has 7 nitrogen and oxygen atoms in total. The maximum absolute atomic E-state index is 12.6. The molecule has 34 heavy (non-hydrogen) atoms. The molecule has 0 aliphatic heterocycles. The fourth-order valence-electron chi connectivity index (χ4n) is 3.08. The average molecular weight is 480 g/mol. The van der Waals surface area contributed by atoms with E-state index in [2.05, 4.69) is 10.6 Å². The van der Waals surface area contributed by atoms with Crippen LogP contribution in [0.1, 0.15) is 42.4 Å². The number of alkyl halides is 3. The van der Waals surface area contributed by atoms with Gasteiger partial charge in [-0.2, -0.15) is 13.2 Å². The number of nitrogens with one attached hydrogen (secondary N) is 2. The molecule has 2 rings (SSSR count). The Morgan fingerprint density at radius 2 is 1.59 bits per heavy atom. The number of carboxylic acid groups (broad SMARTS) is 1. The molecular weight excluding hydrogens is 453 g/mol. The van der Waals surface area contributed by atoms with Crippen LogP contribution in [0.25, 0.3) is 0 Å². The lowest BCUT2D eigenvalue weighted by molar-refractivity contribution is -0.141. The lowest BCUT2D eigenvalue weighted by atomic mass is 10.0. The Labute approximate surface area is 195 Å². The van der Waals surface area contributed by atoms with Crippen LogP contribution in [0.3, 0.4) is 0 Å². The van der Waals surface area contributed by atoms with Crippen molar-refractivity contribution in [2.45, 2.75) is 50.9 Å². The third-order valence-electron chi connectivity index (χ3n) is 4.92. The predicted octanol–water partition coefficient (Wildman–Crippen LogP) is 4.30. The first-order chi connectivity index (χ1) is 16.1. The molecule has 2 aromatic rings. The molecule has 0 spiro atoms. The minimum atomic E-state index is -4.48. The lowest BCUT2D eigenvalue weighted by Gasteiger charge is -2.15. The maximum atomic E-state index is 12.6. The lowest BCUT2D eigenvalue weighted by Crippen LogP contribution is -2.42. The number of aliphatic carboxylic acids is 1. The van der Waals surface area contributed by atoms with Crippen molar-refractivity contribution < 1.29 is 37.4 Å². The van der Waals surface area contributed by atoms with E-state index >= 15 is 0 Å². The summed E-state index contributed by atoms with van der Waals surface area (Å²) in [6.45, 7) is 0.547. The van der Waals surface area contributed by atoms with Gasteiger partial charge in [-0.25, -0.2) is 9.59 Å². The molecule has 0 aromatic heterocycles. The van der Waals surface area contributed by atoms with Crippen molar-refractivity contribution in [3.05, 3.63) is 71.3 Å². The molecule has 0 heterocycles. The van der Waals surface area contributed by atoms with Gasteiger partial charge >= 0.3 is 18.2 Å². The molecule has 0 fully saturated rings. The number of carbonyl (C=O) groups is 3. The Morgan fingerprint density at radius 3 is 2.21 bits per heavy atom. The van der Waals surface area contributed by atoms with E-state index in [1.165, 1.54) is 12.1 Å². The molecule has 2 amide bonds. The molecule has 0 saturated carbocycles. The van der Waals surface area contributed by atoms with Gasteiger partial charge in [-0.15, -0.1) is 0 Å². The van der Waals surface area contributed by atoms with Gasteiger partial charge in [0.25, 0.3) is 0 Å². The number of alkyl carbamates (subject to hydrolysis) is 1. The minimum Gasteiger partial charge on any atom is -0.480 e. The normalized spacial score (nSPS) is 12.0. The highest BCUT2D eigenvalue weighted by molar-refractivity contribution is 5.83. The molecule has 3 N–H and O–H groups in total. The average Bonchev–Trinajstić information content (AvgIpc) is 2.80. The molecule has 0 bridgehead atoms. The highest BCUT2D eigenvalue weighted by atomic mass is 19.4. The van der Waals surface area contributed by atoms with Crippen LogP contribution in [0.5, 0.6) is 0 Å². The Morgan fingerprint density at radius 1 is 0.912 bits per heavy atom. The number of benzene rings is 2. The van der Waals surface area contributed by atoms with Crippen molar-refractivity contribution in [2.75, 3.05) is 6.54 Å². The number of hydrogen-bond acceptors (Lipinski definition) is 4. The topological polar surface area (TPSA) is 105 Å². The number of hydrogen-bond donors (Lipinski definition) is 3. The zero-order valence-electron chi connectivity index (χ0n) is 18.4. The van der Waals surface area contributed by atoms with Gasteiger partial charge in [0.15, 0.2) is 0 Å². The van der Waals surface area contributed by atoms with E-state index in [1.807, 2.05) is 30.3 Å². The van der Waals surface area contributed by atoms with E-state index in [4.69, 9.17) is 4.74 Å². The Hall–Kier alpha value is -3.56. The number of carboxylic acids is 1. The number of amides is 2. The first-order valence-corrected chi connectivity index (χ1v) is 10.8. The first kappa shape index (κ1) is 26.7. The number of ether oxygens (including phenoxy) is 1. The van der Waals surface area contributed by atoms with Crippen molar-refractivity contribution in [1.29, 1.82) is 0 Å². The Bertz CT molecular complexity index is 934. The molecule has 0 aliphatic carbocycles. The van der Waals surface area contributed by atoms with E-state index < -0.39 is 35.8 Å². The summed E-state index contributed by atoms with van der Waals surface area (Å²) in [7, 11) is 0. The summed E-state index contributed by atoms with van der Waals surface area (Å²) >= 11 is 0. The molecule has 10 heteroatoms. The van der Waals surface area contributed by atoms with Gasteiger partial charge in [0, 0.05) is 19.4 Å². The first-order valence-electron chi connectivity index (χ1n) is 10.8. The van der Waals surface area contributed by atoms with Gasteiger partial charge in [-0.1, -0.05) is 48.9 Å². The molecule has 2 aromatic carbocycles. The summed E-state index contributed by atoms with van der Waals surface area (Å²) < 4.78 is 43.0. The van der Waals surface area contributed by atoms with Crippen LogP contribution in [-0.2, 0) is 33.5 Å². The summed E-state index contributed by atoms with van der Waals surface area (Å²) in [6, 6.07) is 12.2. The Balaban J connectivity index is 1.63. The predicted molar refractivity (Wildman–Crippen MR) is 118 cm³/mol. The summed E-state index contributed by atoms with van der Waals surface area (Å²) in [5.41, 5.74) is 0.415. The van der Waals surface area contributed by atoms with Crippen LogP contribution in [0.4, 0.5) is 18.0 Å². The highest BCUT2D eigenvalue weighted by Gasteiger charge is 2.30. The quantitative estimate of drug-likeness (QED) is 0.393. The van der Waals surface area contributed by atoms with Gasteiger partial charge in [-0.3, -0.25) is 4.79 Å². The van der Waals surface area contributed by atoms with Crippen molar-refractivity contribution in [3.63, 3.8) is 0 Å². The van der Waals surface area contributed by atoms with Gasteiger partial charge in [-0.05, 0) is 36.1 Å². The second-order valence-corrected chi connectivity index (χ2v) is 7.66. The van der Waals surface area contributed by atoms with E-state index in [-0.39, 0.29) is 19.4 Å². The summed E-state index contributed by atoms with van der Waals surface area (Å²) in [6.07, 6.45) is -3.32. The molecular formula is C24H27F3N2O5. The van der Waals surface area contributed by atoms with Gasteiger partial charge in [0.05, 0.1) is 5.56 Å². The van der Waals surface area contributed by atoms with Crippen LogP contribution in [0, 0.1) is 0 Å². The minimum absolute atomic E-state index is 0.0925. The van der Waals surface area contributed by atoms with Crippen molar-refractivity contribution in [1.82, 2.24) is 10.6 Å². The van der Waals surface area contributed by atoms with E-state index in [0.29, 0.717) is 31.4 Å². The van der Waals surface area contributed by atoms with Gasteiger partial charge in [0.1, 0.15) is 12.6 Å². The van der Waals surface area contributed by atoms with Crippen LogP contribution < -0.4 is 10.6 Å². The largest absolute Gasteiger partial charge is 0.480 e. The van der Waals surface area contributed by atoms with Crippen LogP contribution in [-0.4, -0.2) is 35.7 Å². The van der Waals surface area contributed by atoms with E-state index in [0.717, 1.165) is 17.7 Å². The molecule has 184 valence electrons. The third-order valence-corrected chi connectivity index (χ3v) is 4.92. The van der Waals surface area contributed by atoms with Crippen molar-refractivity contribution in [3.8, 4) is 0 Å². The zero-order valence-corrected chi connectivity index (χ0v) is 18.4. The highest BCUT2D eigenvalue weighted by Crippen LogP contribution is 2.29. The SMILES string of the molecule is O=C(CCCCCNC(=O)OCc1ccccc1)N[C@@H](Cc1ccc(C(F)(F)F)cc1)C(=O)O. The van der Waals surface area contributed by atoms with Crippen LogP contribution in [0.15, 0.2) is 54.6 Å². The van der Waals surface area contributed by atoms with Gasteiger partial charge in [0.2, 0.25) is 5.91 Å². The van der Waals surface area contributed by atoms with E-state index in [9.17, 15) is 32.7 Å². The summed E-state index contributed by atoms with van der Waals surface area (Å²) in [5, 5.41) is 14.4. The summed E-state index contributed by atoms with van der Waals surface area (Å²) in [5.74, 6) is -1.74. The number of carbonyl (C=O) groups excluding carboxylic acids is 2. The van der Waals surface area contributed by atoms with Crippen LogP contribution in [0.2, 0.25) is 0 Å². The molecule has 0 radical (unpaired) electrons. The second-order valence-electron chi connectivity index (χ2n) is 7.66. The number of rotatable bonds is 12. The summed E-state index contributed by atoms with van der Waals surface area (Å²) in [4.78, 5) is 35.2. The second kappa shape index (κ2) is 13.2. The number of halogens is 3. The standard InChI is InChI=1S/C24H27F3N2O5/c25-24(26,27)19-12-10-17(11-13-19)15-20(22(31)32)29-21(30)9-5-2-6-14-28-23(33)34-16-18-7-3-1-4-8-18/h1,3-4,7-8,10-13,20H,2,5-6,9,14-16H2,(H,28,33)(H,29,30)(H,31,32)/t20-/m0/s1. The smallest absolute Gasteiger partial charge is 0.416 e. The van der Waals surface area contributed by atoms with Crippen LogP contribution >= 0.6 is 0 Å². The van der Waals surface area contributed by atoms with Gasteiger partial charge < -0.3 is 20.5 Å². The van der Waals surface area contributed by atoms with Crippen molar-refractivity contribution >= 4 is 18.0 Å². The zero-order chi connectivity index (χ0) is 25.0. The fraction of sp³-hybridized carbons (Fsp3) is 0.375. The molecule has 1 atom stereocenters. The van der Waals surface area contributed by atoms with Crippen molar-refractivity contribution in [2.24, 2.45) is 0 Å². The number of unbranched alkanes of at least 4 members (excludes halogenated alkanes) is 2. The molecule has 0 saturated heterocycles. The molecule has 0 aliphatic rings. The maximum Gasteiger partial charge on any atom is 0.416 e. The fourth-order valence-corrected chi connectivity index (χ4v) is 3.08. The monoisotopic (exact) mass is 480 g/mol. The van der Waals surface area contributed by atoms with E-state index in [1.54, 1.807) is 0 Å². The Kier molecular flexibility index (Phi) is 10.4. The molecule has 0 unspecified atom stereocenters.